The summed E-state index contributed by atoms with van der Waals surface area (Å²) in [5.74, 6) is 0.908. The minimum Gasteiger partial charge on any atom is -0.335 e. The fourth-order valence-electron chi connectivity index (χ4n) is 4.42. The third-order valence-electron chi connectivity index (χ3n) is 5.92. The van der Waals surface area contributed by atoms with Gasteiger partial charge >= 0.3 is 6.03 Å². The first-order chi connectivity index (χ1) is 13.3. The molecule has 1 aromatic carbocycles. The van der Waals surface area contributed by atoms with Gasteiger partial charge < -0.3 is 20.1 Å². The quantitative estimate of drug-likeness (QED) is 0.831. The third kappa shape index (κ3) is 4.92. The molecule has 0 bridgehead atoms. The SMILES string of the molecule is O=C(Nc1cccc(-n2cccc2)c1)NC1CCN(CC2CCCC2)CC1. The van der Waals surface area contributed by atoms with Gasteiger partial charge in [0.25, 0.3) is 0 Å². The summed E-state index contributed by atoms with van der Waals surface area (Å²) >= 11 is 0. The van der Waals surface area contributed by atoms with Crippen molar-refractivity contribution in [3.8, 4) is 5.69 Å². The molecule has 0 radical (unpaired) electrons. The van der Waals surface area contributed by atoms with E-state index in [-0.39, 0.29) is 12.1 Å². The lowest BCUT2D eigenvalue weighted by molar-refractivity contribution is 0.173. The Morgan fingerprint density at radius 3 is 2.48 bits per heavy atom. The number of piperidine rings is 1. The van der Waals surface area contributed by atoms with E-state index in [9.17, 15) is 4.79 Å². The minimum absolute atomic E-state index is 0.103. The summed E-state index contributed by atoms with van der Waals surface area (Å²) in [7, 11) is 0. The normalized spacial score (nSPS) is 19.3. The van der Waals surface area contributed by atoms with E-state index < -0.39 is 0 Å². The number of aromatic nitrogens is 1. The maximum Gasteiger partial charge on any atom is 0.319 e. The number of benzene rings is 1. The number of hydrogen-bond acceptors (Lipinski definition) is 2. The maximum absolute atomic E-state index is 12.4. The molecule has 1 aliphatic carbocycles. The van der Waals surface area contributed by atoms with E-state index in [1.165, 1.54) is 32.2 Å². The van der Waals surface area contributed by atoms with Crippen molar-refractivity contribution >= 4 is 11.7 Å². The van der Waals surface area contributed by atoms with Crippen molar-refractivity contribution in [2.75, 3.05) is 25.0 Å². The summed E-state index contributed by atoms with van der Waals surface area (Å²) in [5.41, 5.74) is 1.86. The van der Waals surface area contributed by atoms with E-state index >= 15 is 0 Å². The fraction of sp³-hybridized carbons (Fsp3) is 0.500. The molecule has 27 heavy (non-hydrogen) atoms. The lowest BCUT2D eigenvalue weighted by Crippen LogP contribution is -2.46. The topological polar surface area (TPSA) is 49.3 Å². The number of amides is 2. The van der Waals surface area contributed by atoms with Gasteiger partial charge in [-0.15, -0.1) is 0 Å². The number of hydrogen-bond donors (Lipinski definition) is 2. The van der Waals surface area contributed by atoms with Gasteiger partial charge in [0.1, 0.15) is 0 Å². The van der Waals surface area contributed by atoms with E-state index in [2.05, 4.69) is 15.5 Å². The number of rotatable bonds is 5. The third-order valence-corrected chi connectivity index (χ3v) is 5.92. The number of urea groups is 1. The molecule has 1 aliphatic heterocycles. The van der Waals surface area contributed by atoms with Gasteiger partial charge in [0, 0.05) is 49.4 Å². The Kier molecular flexibility index (Phi) is 5.78. The van der Waals surface area contributed by atoms with E-state index in [1.54, 1.807) is 0 Å². The number of nitrogens with zero attached hydrogens (tertiary/aromatic N) is 2. The van der Waals surface area contributed by atoms with Gasteiger partial charge in [-0.1, -0.05) is 18.9 Å². The van der Waals surface area contributed by atoms with Crippen LogP contribution in [-0.2, 0) is 0 Å². The molecule has 1 saturated heterocycles. The molecular weight excluding hydrogens is 336 g/mol. The Bertz CT molecular complexity index is 729. The molecule has 2 aromatic rings. The summed E-state index contributed by atoms with van der Waals surface area (Å²) in [6.07, 6.45) is 11.7. The van der Waals surface area contributed by atoms with Crippen LogP contribution in [0.5, 0.6) is 0 Å². The van der Waals surface area contributed by atoms with Gasteiger partial charge in [-0.05, 0) is 61.9 Å². The Morgan fingerprint density at radius 1 is 1.00 bits per heavy atom. The first kappa shape index (κ1) is 18.1. The molecule has 2 amide bonds. The smallest absolute Gasteiger partial charge is 0.319 e. The van der Waals surface area contributed by atoms with Crippen molar-refractivity contribution in [2.45, 2.75) is 44.6 Å². The number of carbonyl (C=O) groups excluding carboxylic acids is 1. The molecule has 144 valence electrons. The summed E-state index contributed by atoms with van der Waals surface area (Å²) in [6.45, 7) is 3.46. The molecule has 2 fully saturated rings. The second-order valence-electron chi connectivity index (χ2n) is 7.96. The van der Waals surface area contributed by atoms with Crippen LogP contribution in [-0.4, -0.2) is 41.2 Å². The number of likely N-dealkylation sites (tertiary alicyclic amines) is 1. The van der Waals surface area contributed by atoms with Crippen molar-refractivity contribution in [3.63, 3.8) is 0 Å². The summed E-state index contributed by atoms with van der Waals surface area (Å²) in [6, 6.07) is 12.1. The monoisotopic (exact) mass is 366 g/mol. The van der Waals surface area contributed by atoms with Crippen molar-refractivity contribution < 1.29 is 4.79 Å². The Labute approximate surface area is 161 Å². The predicted molar refractivity (Wildman–Crippen MR) is 109 cm³/mol. The van der Waals surface area contributed by atoms with Crippen molar-refractivity contribution in [1.29, 1.82) is 0 Å². The first-order valence-electron chi connectivity index (χ1n) is 10.3. The molecule has 5 nitrogen and oxygen atoms in total. The summed E-state index contributed by atoms with van der Waals surface area (Å²) in [4.78, 5) is 15.0. The van der Waals surface area contributed by atoms with Crippen LogP contribution in [0.1, 0.15) is 38.5 Å². The minimum atomic E-state index is -0.103. The van der Waals surface area contributed by atoms with E-state index in [4.69, 9.17) is 0 Å². The van der Waals surface area contributed by atoms with Crippen molar-refractivity contribution in [1.82, 2.24) is 14.8 Å². The second-order valence-corrected chi connectivity index (χ2v) is 7.96. The van der Waals surface area contributed by atoms with Gasteiger partial charge in [0.05, 0.1) is 0 Å². The molecule has 2 heterocycles. The molecule has 2 N–H and O–H groups in total. The van der Waals surface area contributed by atoms with Crippen molar-refractivity contribution in [3.05, 3.63) is 48.8 Å². The van der Waals surface area contributed by atoms with Crippen molar-refractivity contribution in [2.24, 2.45) is 5.92 Å². The van der Waals surface area contributed by atoms with Crippen LogP contribution in [0.15, 0.2) is 48.8 Å². The van der Waals surface area contributed by atoms with Crippen LogP contribution in [0.4, 0.5) is 10.5 Å². The second kappa shape index (κ2) is 8.61. The summed E-state index contributed by atoms with van der Waals surface area (Å²) in [5, 5.41) is 6.14. The highest BCUT2D eigenvalue weighted by Crippen LogP contribution is 2.26. The Hall–Kier alpha value is -2.27. The fourth-order valence-corrected chi connectivity index (χ4v) is 4.42. The number of nitrogens with one attached hydrogen (secondary N) is 2. The van der Waals surface area contributed by atoms with Gasteiger partial charge in [-0.25, -0.2) is 4.79 Å². The highest BCUT2D eigenvalue weighted by molar-refractivity contribution is 5.89. The van der Waals surface area contributed by atoms with Crippen LogP contribution in [0.25, 0.3) is 5.69 Å². The molecule has 0 spiro atoms. The Morgan fingerprint density at radius 2 is 1.74 bits per heavy atom. The molecule has 0 unspecified atom stereocenters. The van der Waals surface area contributed by atoms with Gasteiger partial charge in [-0.3, -0.25) is 0 Å². The van der Waals surface area contributed by atoms with E-state index in [1.807, 2.05) is 53.4 Å². The van der Waals surface area contributed by atoms with Crippen LogP contribution in [0.3, 0.4) is 0 Å². The summed E-state index contributed by atoms with van der Waals surface area (Å²) < 4.78 is 2.03. The highest BCUT2D eigenvalue weighted by Gasteiger charge is 2.24. The lowest BCUT2D eigenvalue weighted by atomic mass is 10.0. The molecule has 4 rings (SSSR count). The van der Waals surface area contributed by atoms with E-state index in [0.717, 1.165) is 43.2 Å². The Balaban J connectivity index is 1.23. The molecule has 2 aliphatic rings. The first-order valence-corrected chi connectivity index (χ1v) is 10.3. The predicted octanol–water partition coefficient (Wildman–Crippen LogP) is 4.25. The molecule has 5 heteroatoms. The zero-order valence-electron chi connectivity index (χ0n) is 15.9. The lowest BCUT2D eigenvalue weighted by Gasteiger charge is -2.33. The molecule has 1 aromatic heterocycles. The van der Waals surface area contributed by atoms with Gasteiger partial charge in [0.2, 0.25) is 0 Å². The largest absolute Gasteiger partial charge is 0.335 e. The van der Waals surface area contributed by atoms with Gasteiger partial charge in [0.15, 0.2) is 0 Å². The zero-order valence-corrected chi connectivity index (χ0v) is 15.9. The van der Waals surface area contributed by atoms with Crippen LogP contribution in [0.2, 0.25) is 0 Å². The average Bonchev–Trinajstić information content (AvgIpc) is 3.37. The number of carbonyl (C=O) groups is 1. The maximum atomic E-state index is 12.4. The highest BCUT2D eigenvalue weighted by atomic mass is 16.2. The van der Waals surface area contributed by atoms with Crippen LogP contribution < -0.4 is 10.6 Å². The van der Waals surface area contributed by atoms with Crippen LogP contribution >= 0.6 is 0 Å². The van der Waals surface area contributed by atoms with E-state index in [0.29, 0.717) is 0 Å². The molecular formula is C22H30N4O. The number of anilines is 1. The molecule has 1 saturated carbocycles. The average molecular weight is 367 g/mol. The van der Waals surface area contributed by atoms with Crippen LogP contribution in [0, 0.1) is 5.92 Å². The molecule has 0 atom stereocenters. The standard InChI is InChI=1S/C22H30N4O/c27-22(24-20-8-5-9-21(16-20)26-12-3-4-13-26)23-19-10-14-25(15-11-19)17-18-6-1-2-7-18/h3-5,8-9,12-13,16,18-19H,1-2,6-7,10-11,14-15,17H2,(H2,23,24,27). The van der Waals surface area contributed by atoms with Gasteiger partial charge in [-0.2, -0.15) is 0 Å². The zero-order chi connectivity index (χ0) is 18.5.